The number of likely N-dealkylation sites (tertiary alicyclic amines) is 1. The van der Waals surface area contributed by atoms with Gasteiger partial charge in [-0.05, 0) is 52.9 Å². The molecule has 1 aromatic heterocycles. The van der Waals surface area contributed by atoms with E-state index in [2.05, 4.69) is 36.4 Å². The van der Waals surface area contributed by atoms with Crippen molar-refractivity contribution in [2.24, 2.45) is 5.92 Å². The predicted octanol–water partition coefficient (Wildman–Crippen LogP) is 4.93. The maximum atomic E-state index is 13.2. The first-order valence-electron chi connectivity index (χ1n) is 11.2. The summed E-state index contributed by atoms with van der Waals surface area (Å²) >= 11 is 0. The molecular formula is C28H24N2O2. The van der Waals surface area contributed by atoms with E-state index in [4.69, 9.17) is 0 Å². The first kappa shape index (κ1) is 19.1. The summed E-state index contributed by atoms with van der Waals surface area (Å²) in [5, 5.41) is 2.39. The highest BCUT2D eigenvalue weighted by Gasteiger charge is 2.38. The summed E-state index contributed by atoms with van der Waals surface area (Å²) < 4.78 is 1.97. The van der Waals surface area contributed by atoms with Gasteiger partial charge < -0.3 is 9.47 Å². The van der Waals surface area contributed by atoms with E-state index in [0.717, 1.165) is 28.8 Å². The fourth-order valence-electron chi connectivity index (χ4n) is 5.55. The zero-order valence-electron chi connectivity index (χ0n) is 17.8. The summed E-state index contributed by atoms with van der Waals surface area (Å²) in [5.74, 6) is 0.545. The predicted molar refractivity (Wildman–Crippen MR) is 127 cm³/mol. The van der Waals surface area contributed by atoms with E-state index in [1.807, 2.05) is 51.9 Å². The fraction of sp³-hybridized carbons (Fsp3) is 0.214. The first-order chi connectivity index (χ1) is 15.7. The molecule has 0 N–H and O–H groups in total. The van der Waals surface area contributed by atoms with E-state index < -0.39 is 0 Å². The van der Waals surface area contributed by atoms with E-state index >= 15 is 0 Å². The van der Waals surface area contributed by atoms with Crippen molar-refractivity contribution >= 4 is 16.7 Å². The third-order valence-corrected chi connectivity index (χ3v) is 6.96. The van der Waals surface area contributed by atoms with E-state index in [1.165, 1.54) is 10.8 Å². The van der Waals surface area contributed by atoms with Crippen LogP contribution in [0.4, 0.5) is 0 Å². The normalized spacial score (nSPS) is 19.6. The molecule has 0 aliphatic carbocycles. The van der Waals surface area contributed by atoms with Gasteiger partial charge in [-0.1, -0.05) is 54.6 Å². The SMILES string of the molecule is O=C(c1ccccc1)N1CC2CC(C1)c1c(-c3ccc4ccccc4c3)ccc(=O)n1C2. The van der Waals surface area contributed by atoms with E-state index in [9.17, 15) is 9.59 Å². The van der Waals surface area contributed by atoms with Crippen molar-refractivity contribution in [1.29, 1.82) is 0 Å². The van der Waals surface area contributed by atoms with Gasteiger partial charge in [-0.3, -0.25) is 9.59 Å². The number of hydrogen-bond donors (Lipinski definition) is 0. The van der Waals surface area contributed by atoms with Gasteiger partial charge in [0, 0.05) is 48.4 Å². The van der Waals surface area contributed by atoms with Gasteiger partial charge in [0.25, 0.3) is 11.5 Å². The molecule has 4 aromatic rings. The molecule has 3 heterocycles. The van der Waals surface area contributed by atoms with Crippen LogP contribution in [0.5, 0.6) is 0 Å². The Morgan fingerprint density at radius 3 is 2.41 bits per heavy atom. The Kier molecular flexibility index (Phi) is 4.46. The molecule has 1 amide bonds. The highest BCUT2D eigenvalue weighted by Crippen LogP contribution is 2.40. The van der Waals surface area contributed by atoms with Crippen molar-refractivity contribution in [2.45, 2.75) is 18.9 Å². The molecule has 4 nitrogen and oxygen atoms in total. The molecule has 2 aliphatic heterocycles. The monoisotopic (exact) mass is 420 g/mol. The number of pyridine rings is 1. The van der Waals surface area contributed by atoms with Crippen molar-refractivity contribution in [3.05, 3.63) is 107 Å². The minimum absolute atomic E-state index is 0.0575. The van der Waals surface area contributed by atoms with Gasteiger partial charge in [-0.25, -0.2) is 0 Å². The lowest BCUT2D eigenvalue weighted by Crippen LogP contribution is -2.49. The average molecular weight is 421 g/mol. The fourth-order valence-corrected chi connectivity index (χ4v) is 5.55. The second-order valence-electron chi connectivity index (χ2n) is 9.02. The standard InChI is InChI=1S/C28H24N2O2/c31-26-13-12-25(23-11-10-20-6-4-5-9-22(20)15-23)27-24-14-19(17-30(26)27)16-29(18-24)28(32)21-7-2-1-3-8-21/h1-13,15,19,24H,14,16-18H2. The molecule has 158 valence electrons. The Balaban J connectivity index is 1.42. The van der Waals surface area contributed by atoms with Crippen LogP contribution in [0.25, 0.3) is 21.9 Å². The van der Waals surface area contributed by atoms with Crippen LogP contribution in [0.1, 0.15) is 28.4 Å². The van der Waals surface area contributed by atoms with E-state index in [0.29, 0.717) is 25.6 Å². The molecule has 1 fully saturated rings. The van der Waals surface area contributed by atoms with Crippen LogP contribution in [0, 0.1) is 5.92 Å². The summed E-state index contributed by atoms with van der Waals surface area (Å²) in [7, 11) is 0. The number of amides is 1. The smallest absolute Gasteiger partial charge is 0.253 e. The molecule has 0 saturated carbocycles. The second-order valence-corrected chi connectivity index (χ2v) is 9.02. The first-order valence-corrected chi connectivity index (χ1v) is 11.2. The minimum atomic E-state index is 0.0575. The van der Waals surface area contributed by atoms with Crippen LogP contribution in [0.15, 0.2) is 89.7 Å². The number of carbonyl (C=O) groups excluding carboxylic acids is 1. The number of aromatic nitrogens is 1. The average Bonchev–Trinajstić information content (AvgIpc) is 2.84. The summed E-state index contributed by atoms with van der Waals surface area (Å²) in [6, 6.07) is 28.0. The molecular weight excluding hydrogens is 396 g/mol. The van der Waals surface area contributed by atoms with Crippen LogP contribution < -0.4 is 5.56 Å². The van der Waals surface area contributed by atoms with Gasteiger partial charge in [0.05, 0.1) is 0 Å². The number of piperidine rings is 1. The van der Waals surface area contributed by atoms with Gasteiger partial charge in [0.2, 0.25) is 0 Å². The molecule has 2 unspecified atom stereocenters. The van der Waals surface area contributed by atoms with Crippen molar-refractivity contribution in [3.63, 3.8) is 0 Å². The van der Waals surface area contributed by atoms with Gasteiger partial charge >= 0.3 is 0 Å². The summed E-state index contributed by atoms with van der Waals surface area (Å²) in [4.78, 5) is 28.0. The number of fused-ring (bicyclic) bond motifs is 5. The Morgan fingerprint density at radius 2 is 1.56 bits per heavy atom. The van der Waals surface area contributed by atoms with Gasteiger partial charge in [0.15, 0.2) is 0 Å². The quantitative estimate of drug-likeness (QED) is 0.462. The summed E-state index contributed by atoms with van der Waals surface area (Å²) in [6.07, 6.45) is 1.02. The molecule has 6 rings (SSSR count). The van der Waals surface area contributed by atoms with Crippen molar-refractivity contribution in [2.75, 3.05) is 13.1 Å². The van der Waals surface area contributed by atoms with Crippen LogP contribution in [-0.4, -0.2) is 28.5 Å². The zero-order valence-corrected chi connectivity index (χ0v) is 17.8. The van der Waals surface area contributed by atoms with Crippen LogP contribution in [-0.2, 0) is 6.54 Å². The number of benzene rings is 3. The Bertz CT molecular complexity index is 1390. The lowest BCUT2D eigenvalue weighted by molar-refractivity contribution is 0.0595. The summed E-state index contributed by atoms with van der Waals surface area (Å²) in [5.41, 5.74) is 4.09. The number of hydrogen-bond acceptors (Lipinski definition) is 2. The lowest BCUT2D eigenvalue weighted by Gasteiger charge is -2.43. The molecule has 2 atom stereocenters. The molecule has 0 radical (unpaired) electrons. The lowest BCUT2D eigenvalue weighted by atomic mass is 9.80. The zero-order chi connectivity index (χ0) is 21.7. The Hall–Kier alpha value is -3.66. The van der Waals surface area contributed by atoms with Gasteiger partial charge in [-0.2, -0.15) is 0 Å². The molecule has 32 heavy (non-hydrogen) atoms. The van der Waals surface area contributed by atoms with Crippen LogP contribution in [0.2, 0.25) is 0 Å². The minimum Gasteiger partial charge on any atom is -0.338 e. The highest BCUT2D eigenvalue weighted by molar-refractivity contribution is 5.94. The highest BCUT2D eigenvalue weighted by atomic mass is 16.2. The molecule has 4 heteroatoms. The molecule has 2 aliphatic rings. The summed E-state index contributed by atoms with van der Waals surface area (Å²) in [6.45, 7) is 2.02. The topological polar surface area (TPSA) is 42.3 Å². The van der Waals surface area contributed by atoms with Crippen molar-refractivity contribution in [3.8, 4) is 11.1 Å². The van der Waals surface area contributed by atoms with Crippen molar-refractivity contribution < 1.29 is 4.79 Å². The largest absolute Gasteiger partial charge is 0.338 e. The van der Waals surface area contributed by atoms with E-state index in [1.54, 1.807) is 6.07 Å². The number of rotatable bonds is 2. The third-order valence-electron chi connectivity index (χ3n) is 6.96. The Morgan fingerprint density at radius 1 is 0.781 bits per heavy atom. The maximum absolute atomic E-state index is 13.2. The molecule has 0 spiro atoms. The molecule has 2 bridgehead atoms. The second kappa shape index (κ2) is 7.49. The number of carbonyl (C=O) groups is 1. The van der Waals surface area contributed by atoms with Gasteiger partial charge in [-0.15, -0.1) is 0 Å². The molecule has 3 aromatic carbocycles. The van der Waals surface area contributed by atoms with Crippen LogP contribution in [0.3, 0.4) is 0 Å². The van der Waals surface area contributed by atoms with Crippen LogP contribution >= 0.6 is 0 Å². The molecule has 1 saturated heterocycles. The Labute approximate surface area is 186 Å². The van der Waals surface area contributed by atoms with Crippen molar-refractivity contribution in [1.82, 2.24) is 9.47 Å². The third kappa shape index (κ3) is 3.14. The maximum Gasteiger partial charge on any atom is 0.253 e. The van der Waals surface area contributed by atoms with Gasteiger partial charge in [0.1, 0.15) is 0 Å². The number of nitrogens with zero attached hydrogens (tertiary/aromatic N) is 2. The van der Waals surface area contributed by atoms with E-state index in [-0.39, 0.29) is 17.4 Å².